The van der Waals surface area contributed by atoms with Gasteiger partial charge < -0.3 is 5.32 Å². The van der Waals surface area contributed by atoms with E-state index in [0.29, 0.717) is 0 Å². The third-order valence-corrected chi connectivity index (χ3v) is 2.48. The van der Waals surface area contributed by atoms with Gasteiger partial charge in [-0.3, -0.25) is 0 Å². The lowest BCUT2D eigenvalue weighted by Gasteiger charge is -1.94. The fourth-order valence-electron chi connectivity index (χ4n) is 1.02. The monoisotopic (exact) mass is 196 g/mol. The van der Waals surface area contributed by atoms with Gasteiger partial charge in [-0.15, -0.1) is 11.3 Å². The summed E-state index contributed by atoms with van der Waals surface area (Å²) in [4.78, 5) is 4.20. The molecule has 1 N–H and O–H groups in total. The molecule has 72 valence electrons. The number of aromatic nitrogens is 1. The Balaban J connectivity index is 2.05. The lowest BCUT2D eigenvalue weighted by Crippen LogP contribution is -2.12. The summed E-state index contributed by atoms with van der Waals surface area (Å²) < 4.78 is 0. The molecule has 3 heteroatoms. The highest BCUT2D eigenvalue weighted by atomic mass is 32.1. The zero-order valence-electron chi connectivity index (χ0n) is 7.99. The van der Waals surface area contributed by atoms with Crippen LogP contribution in [0.1, 0.15) is 18.4 Å². The van der Waals surface area contributed by atoms with E-state index >= 15 is 0 Å². The van der Waals surface area contributed by atoms with E-state index in [1.54, 1.807) is 11.3 Å². The summed E-state index contributed by atoms with van der Waals surface area (Å²) in [6, 6.07) is 0. The first-order chi connectivity index (χ1) is 6.43. The van der Waals surface area contributed by atoms with E-state index in [2.05, 4.69) is 29.4 Å². The molecule has 0 radical (unpaired) electrons. The summed E-state index contributed by atoms with van der Waals surface area (Å²) in [5.74, 6) is 0. The fraction of sp³-hybridized carbons (Fsp3) is 0.500. The first-order valence-electron chi connectivity index (χ1n) is 4.67. The van der Waals surface area contributed by atoms with Gasteiger partial charge in [0, 0.05) is 18.0 Å². The standard InChI is InChI=1S/C10H16N2S/c1-2-11-7-5-3-4-6-10-12-8-9-13-10/h3-4,8-9,11H,2,5-7H2,1H3. The number of hydrogen-bond acceptors (Lipinski definition) is 3. The number of thiazole rings is 1. The van der Waals surface area contributed by atoms with Gasteiger partial charge in [0.25, 0.3) is 0 Å². The van der Waals surface area contributed by atoms with Crippen molar-refractivity contribution in [2.45, 2.75) is 19.8 Å². The highest BCUT2D eigenvalue weighted by Gasteiger charge is 1.89. The van der Waals surface area contributed by atoms with Crippen LogP contribution in [0.3, 0.4) is 0 Å². The molecule has 0 amide bonds. The Hall–Kier alpha value is -0.670. The van der Waals surface area contributed by atoms with Gasteiger partial charge in [-0.05, 0) is 19.5 Å². The van der Waals surface area contributed by atoms with Crippen LogP contribution in [0.25, 0.3) is 0 Å². The molecule has 0 fully saturated rings. The normalized spacial score (nSPS) is 11.2. The van der Waals surface area contributed by atoms with Crippen LogP contribution in [0.15, 0.2) is 23.7 Å². The van der Waals surface area contributed by atoms with Gasteiger partial charge in [-0.25, -0.2) is 4.98 Å². The highest BCUT2D eigenvalue weighted by molar-refractivity contribution is 7.09. The molecule has 2 nitrogen and oxygen atoms in total. The third kappa shape index (κ3) is 4.80. The maximum Gasteiger partial charge on any atom is 0.0962 e. The molecule has 0 atom stereocenters. The van der Waals surface area contributed by atoms with Crippen LogP contribution >= 0.6 is 11.3 Å². The van der Waals surface area contributed by atoms with Crippen molar-refractivity contribution in [3.8, 4) is 0 Å². The molecule has 13 heavy (non-hydrogen) atoms. The zero-order valence-corrected chi connectivity index (χ0v) is 8.81. The molecular formula is C10H16N2S. The molecular weight excluding hydrogens is 180 g/mol. The van der Waals surface area contributed by atoms with Crippen molar-refractivity contribution < 1.29 is 0 Å². The predicted octanol–water partition coefficient (Wildman–Crippen LogP) is 2.24. The molecule has 1 heterocycles. The Morgan fingerprint density at radius 2 is 2.46 bits per heavy atom. The average molecular weight is 196 g/mol. The summed E-state index contributed by atoms with van der Waals surface area (Å²) in [5, 5.41) is 6.49. The van der Waals surface area contributed by atoms with E-state index in [0.717, 1.165) is 25.9 Å². The van der Waals surface area contributed by atoms with Crippen molar-refractivity contribution in [1.82, 2.24) is 10.3 Å². The second-order valence-corrected chi connectivity index (χ2v) is 3.72. The average Bonchev–Trinajstić information content (AvgIpc) is 2.63. The van der Waals surface area contributed by atoms with Gasteiger partial charge in [0.1, 0.15) is 0 Å². The number of nitrogens with zero attached hydrogens (tertiary/aromatic N) is 1. The molecule has 0 aromatic carbocycles. The summed E-state index contributed by atoms with van der Waals surface area (Å²) >= 11 is 1.71. The maximum absolute atomic E-state index is 4.20. The number of hydrogen-bond donors (Lipinski definition) is 1. The summed E-state index contributed by atoms with van der Waals surface area (Å²) in [5.41, 5.74) is 0. The molecule has 0 saturated carbocycles. The second-order valence-electron chi connectivity index (χ2n) is 2.74. The Bertz CT molecular complexity index is 229. The Morgan fingerprint density at radius 1 is 1.54 bits per heavy atom. The van der Waals surface area contributed by atoms with Crippen molar-refractivity contribution in [3.05, 3.63) is 28.7 Å². The SMILES string of the molecule is CCNCCC=CCc1nccs1. The summed E-state index contributed by atoms with van der Waals surface area (Å²) in [7, 11) is 0. The number of allylic oxidation sites excluding steroid dienone is 1. The van der Waals surface area contributed by atoms with Gasteiger partial charge >= 0.3 is 0 Å². The lowest BCUT2D eigenvalue weighted by atomic mass is 10.3. The van der Waals surface area contributed by atoms with Crippen LogP contribution in [0.5, 0.6) is 0 Å². The minimum Gasteiger partial charge on any atom is -0.317 e. The predicted molar refractivity (Wildman–Crippen MR) is 58.1 cm³/mol. The van der Waals surface area contributed by atoms with E-state index in [9.17, 15) is 0 Å². The Morgan fingerprint density at radius 3 is 3.15 bits per heavy atom. The third-order valence-electron chi connectivity index (χ3n) is 1.68. The van der Waals surface area contributed by atoms with Gasteiger partial charge in [-0.2, -0.15) is 0 Å². The van der Waals surface area contributed by atoms with Crippen molar-refractivity contribution in [2.24, 2.45) is 0 Å². The summed E-state index contributed by atoms with van der Waals surface area (Å²) in [6.07, 6.45) is 8.34. The van der Waals surface area contributed by atoms with Crippen LogP contribution in [0.4, 0.5) is 0 Å². The quantitative estimate of drug-likeness (QED) is 0.557. The molecule has 0 aliphatic heterocycles. The molecule has 1 aromatic heterocycles. The van der Waals surface area contributed by atoms with E-state index < -0.39 is 0 Å². The van der Waals surface area contributed by atoms with Gasteiger partial charge in [0.05, 0.1) is 5.01 Å². The van der Waals surface area contributed by atoms with Gasteiger partial charge in [-0.1, -0.05) is 19.1 Å². The molecule has 1 aromatic rings. The molecule has 1 rings (SSSR count). The first kappa shape index (κ1) is 10.4. The van der Waals surface area contributed by atoms with Crippen molar-refractivity contribution in [2.75, 3.05) is 13.1 Å². The molecule has 0 saturated heterocycles. The van der Waals surface area contributed by atoms with Crippen molar-refractivity contribution in [3.63, 3.8) is 0 Å². The van der Waals surface area contributed by atoms with Crippen LogP contribution in [0, 0.1) is 0 Å². The molecule has 0 aliphatic rings. The number of nitrogens with one attached hydrogen (secondary N) is 1. The van der Waals surface area contributed by atoms with E-state index in [1.807, 2.05) is 11.6 Å². The van der Waals surface area contributed by atoms with Crippen LogP contribution in [-0.2, 0) is 6.42 Å². The maximum atomic E-state index is 4.20. The highest BCUT2D eigenvalue weighted by Crippen LogP contribution is 2.04. The Labute approximate surface area is 83.7 Å². The van der Waals surface area contributed by atoms with E-state index in [-0.39, 0.29) is 0 Å². The van der Waals surface area contributed by atoms with Crippen LogP contribution in [0.2, 0.25) is 0 Å². The fourth-order valence-corrected chi connectivity index (χ4v) is 1.61. The smallest absolute Gasteiger partial charge is 0.0962 e. The molecule has 0 spiro atoms. The molecule has 0 aliphatic carbocycles. The van der Waals surface area contributed by atoms with Gasteiger partial charge in [0.15, 0.2) is 0 Å². The summed E-state index contributed by atoms with van der Waals surface area (Å²) in [6.45, 7) is 4.25. The van der Waals surface area contributed by atoms with Crippen molar-refractivity contribution in [1.29, 1.82) is 0 Å². The first-order valence-corrected chi connectivity index (χ1v) is 5.55. The van der Waals surface area contributed by atoms with Crippen LogP contribution in [-0.4, -0.2) is 18.1 Å². The van der Waals surface area contributed by atoms with E-state index in [1.165, 1.54) is 5.01 Å². The van der Waals surface area contributed by atoms with Crippen LogP contribution < -0.4 is 5.32 Å². The topological polar surface area (TPSA) is 24.9 Å². The zero-order chi connectivity index (χ0) is 9.36. The lowest BCUT2D eigenvalue weighted by molar-refractivity contribution is 0.726. The van der Waals surface area contributed by atoms with Gasteiger partial charge in [0.2, 0.25) is 0 Å². The largest absolute Gasteiger partial charge is 0.317 e. The minimum absolute atomic E-state index is 0.976. The minimum atomic E-state index is 0.976. The molecule has 0 unspecified atom stereocenters. The second kappa shape index (κ2) is 6.80. The van der Waals surface area contributed by atoms with E-state index in [4.69, 9.17) is 0 Å². The Kier molecular flexibility index (Phi) is 5.45. The molecule has 0 bridgehead atoms. The number of rotatable bonds is 6. The van der Waals surface area contributed by atoms with Crippen molar-refractivity contribution >= 4 is 11.3 Å².